The largest absolute Gasteiger partial charge is 0.481 e. The minimum atomic E-state index is -1.68. The maximum Gasteiger partial charge on any atom is 0.332 e. The summed E-state index contributed by atoms with van der Waals surface area (Å²) in [5.41, 5.74) is -2.52. The molecular formula is C31H48O8. The van der Waals surface area contributed by atoms with Gasteiger partial charge in [0, 0.05) is 12.3 Å². The van der Waals surface area contributed by atoms with Crippen molar-refractivity contribution in [1.82, 2.24) is 0 Å². The van der Waals surface area contributed by atoms with Crippen LogP contribution in [-0.2, 0) is 14.4 Å². The fourth-order valence-corrected chi connectivity index (χ4v) is 9.79. The summed E-state index contributed by atoms with van der Waals surface area (Å²) in [7, 11) is 0. The van der Waals surface area contributed by atoms with Gasteiger partial charge in [-0.1, -0.05) is 32.4 Å². The molecule has 4 aliphatic carbocycles. The van der Waals surface area contributed by atoms with Crippen LogP contribution < -0.4 is 0 Å². The lowest BCUT2D eigenvalue weighted by molar-refractivity contribution is -0.168. The maximum atomic E-state index is 12.4. The number of aliphatic hydroxyl groups is 3. The van der Waals surface area contributed by atoms with Crippen molar-refractivity contribution in [2.75, 3.05) is 0 Å². The number of carboxylic acids is 2. The Morgan fingerprint density at radius 2 is 1.74 bits per heavy atom. The van der Waals surface area contributed by atoms with E-state index in [1.54, 1.807) is 13.8 Å². The Hall–Kier alpha value is -1.77. The number of hydrogen-bond acceptors (Lipinski definition) is 6. The van der Waals surface area contributed by atoms with Crippen LogP contribution in [0.3, 0.4) is 0 Å². The Morgan fingerprint density at radius 3 is 2.33 bits per heavy atom. The molecule has 8 heteroatoms. The van der Waals surface area contributed by atoms with E-state index in [0.29, 0.717) is 30.1 Å². The Bertz CT molecular complexity index is 1030. The van der Waals surface area contributed by atoms with Gasteiger partial charge in [-0.25, -0.2) is 4.79 Å². The molecule has 4 rings (SSSR count). The summed E-state index contributed by atoms with van der Waals surface area (Å²) in [6.07, 6.45) is 6.04. The molecule has 2 unspecified atom stereocenters. The lowest BCUT2D eigenvalue weighted by Crippen LogP contribution is -2.59. The van der Waals surface area contributed by atoms with Gasteiger partial charge in [0.1, 0.15) is 5.60 Å². The van der Waals surface area contributed by atoms with E-state index in [9.17, 15) is 39.9 Å². The molecule has 0 aromatic carbocycles. The number of carbonyl (C=O) groups excluding carboxylic acids is 1. The maximum absolute atomic E-state index is 12.4. The Balaban J connectivity index is 1.61. The fourth-order valence-electron chi connectivity index (χ4n) is 9.79. The van der Waals surface area contributed by atoms with Crippen molar-refractivity contribution < 1.29 is 39.9 Å². The number of hydrogen-bond donors (Lipinski definition) is 5. The smallest absolute Gasteiger partial charge is 0.332 e. The van der Waals surface area contributed by atoms with Crippen LogP contribution in [0.2, 0.25) is 0 Å². The van der Waals surface area contributed by atoms with E-state index >= 15 is 0 Å². The lowest BCUT2D eigenvalue weighted by atomic mass is 9.43. The molecule has 8 nitrogen and oxygen atoms in total. The third-order valence-electron chi connectivity index (χ3n) is 11.8. The first-order valence-corrected chi connectivity index (χ1v) is 14.7. The topological polar surface area (TPSA) is 152 Å². The Kier molecular flexibility index (Phi) is 7.94. The number of rotatable bonds is 9. The second-order valence-electron chi connectivity index (χ2n) is 14.4. The van der Waals surface area contributed by atoms with Crippen LogP contribution in [0.15, 0.2) is 11.6 Å². The highest BCUT2D eigenvalue weighted by Gasteiger charge is 2.63. The van der Waals surface area contributed by atoms with Crippen molar-refractivity contribution in [3.8, 4) is 0 Å². The summed E-state index contributed by atoms with van der Waals surface area (Å²) in [6, 6.07) is 0. The van der Waals surface area contributed by atoms with E-state index < -0.39 is 47.0 Å². The molecule has 10 atom stereocenters. The molecule has 0 spiro atoms. The SMILES string of the molecule is C[C@H](CCC(=O)C(C)(C)O)[C@H]1CC[C@H]2[C@@H]3CC=C4C[C@](O)(CC(=O)O)CC(C(O)C(=O)O)[C@]4(C)[C@H]3CC[C@]12C. The first-order valence-electron chi connectivity index (χ1n) is 14.7. The first kappa shape index (κ1) is 30.2. The highest BCUT2D eigenvalue weighted by Crippen LogP contribution is 2.69. The van der Waals surface area contributed by atoms with Gasteiger partial charge in [-0.15, -0.1) is 0 Å². The molecule has 0 radical (unpaired) electrons. The first-order chi connectivity index (χ1) is 17.9. The van der Waals surface area contributed by atoms with Crippen LogP contribution in [0.25, 0.3) is 0 Å². The van der Waals surface area contributed by atoms with Gasteiger partial charge >= 0.3 is 11.9 Å². The number of ketones is 1. The third-order valence-corrected chi connectivity index (χ3v) is 11.8. The number of carbonyl (C=O) groups is 3. The molecule has 0 amide bonds. The molecule has 3 saturated carbocycles. The molecule has 0 saturated heterocycles. The minimum absolute atomic E-state index is 0.0549. The van der Waals surface area contributed by atoms with Gasteiger partial charge in [-0.3, -0.25) is 9.59 Å². The predicted octanol–water partition coefficient (Wildman–Crippen LogP) is 4.20. The molecule has 3 fully saturated rings. The number of fused-ring (bicyclic) bond motifs is 5. The lowest BCUT2D eigenvalue weighted by Gasteiger charge is -2.62. The van der Waals surface area contributed by atoms with Crippen molar-refractivity contribution in [2.45, 2.75) is 116 Å². The van der Waals surface area contributed by atoms with E-state index in [2.05, 4.69) is 19.9 Å². The molecule has 0 aromatic rings. The van der Waals surface area contributed by atoms with Crippen molar-refractivity contribution >= 4 is 17.7 Å². The summed E-state index contributed by atoms with van der Waals surface area (Å²) in [5, 5.41) is 51.5. The number of allylic oxidation sites excluding steroid dienone is 1. The molecule has 0 bridgehead atoms. The van der Waals surface area contributed by atoms with Gasteiger partial charge in [-0.05, 0) is 106 Å². The Morgan fingerprint density at radius 1 is 1.08 bits per heavy atom. The molecule has 0 aliphatic heterocycles. The average molecular weight is 549 g/mol. The van der Waals surface area contributed by atoms with Crippen LogP contribution in [-0.4, -0.2) is 60.6 Å². The number of aliphatic hydroxyl groups excluding tert-OH is 1. The molecule has 4 aliphatic rings. The quantitative estimate of drug-likeness (QED) is 0.269. The highest BCUT2D eigenvalue weighted by molar-refractivity contribution is 5.86. The summed E-state index contributed by atoms with van der Waals surface area (Å²) in [4.78, 5) is 35.9. The predicted molar refractivity (Wildman–Crippen MR) is 145 cm³/mol. The van der Waals surface area contributed by atoms with Crippen LogP contribution >= 0.6 is 0 Å². The second-order valence-corrected chi connectivity index (χ2v) is 14.4. The molecule has 220 valence electrons. The van der Waals surface area contributed by atoms with Gasteiger partial charge in [0.2, 0.25) is 0 Å². The second kappa shape index (κ2) is 10.3. The van der Waals surface area contributed by atoms with E-state index in [4.69, 9.17) is 0 Å². The van der Waals surface area contributed by atoms with E-state index in [1.165, 1.54) is 0 Å². The highest BCUT2D eigenvalue weighted by atomic mass is 16.4. The monoisotopic (exact) mass is 548 g/mol. The summed E-state index contributed by atoms with van der Waals surface area (Å²) < 4.78 is 0. The number of Topliss-reactive ketones (excluding diaryl/α,β-unsaturated/α-hetero) is 1. The van der Waals surface area contributed by atoms with E-state index in [1.807, 2.05) is 6.92 Å². The molecule has 0 heterocycles. The van der Waals surface area contributed by atoms with E-state index in [0.717, 1.165) is 44.1 Å². The summed E-state index contributed by atoms with van der Waals surface area (Å²) >= 11 is 0. The average Bonchev–Trinajstić information content (AvgIpc) is 3.18. The van der Waals surface area contributed by atoms with Gasteiger partial charge in [0.25, 0.3) is 0 Å². The standard InChI is InChI=1S/C31H48O8/c1-17(6-11-24(32)28(2,3)38)20-9-10-21-19-8-7-18-14-31(39,16-25(33)34)15-23(26(35)27(36)37)30(18,5)22(19)12-13-29(20,21)4/h7,17,19-23,26,35,38-39H,6,8-16H2,1-5H3,(H,33,34)(H,36,37)/t17-,19+,20-,21+,22+,23?,26?,29-,30+,31-/m1/s1. The Labute approximate surface area is 231 Å². The fraction of sp³-hybridized carbons (Fsp3) is 0.839. The molecule has 0 aromatic heterocycles. The van der Waals surface area contributed by atoms with Crippen molar-refractivity contribution in [2.24, 2.45) is 46.3 Å². The van der Waals surface area contributed by atoms with Crippen LogP contribution in [0, 0.1) is 46.3 Å². The zero-order chi connectivity index (χ0) is 29.1. The van der Waals surface area contributed by atoms with Crippen molar-refractivity contribution in [1.29, 1.82) is 0 Å². The normalized spacial score (nSPS) is 41.4. The van der Waals surface area contributed by atoms with E-state index in [-0.39, 0.29) is 30.0 Å². The zero-order valence-corrected chi connectivity index (χ0v) is 24.2. The van der Waals surface area contributed by atoms with Gasteiger partial charge < -0.3 is 25.5 Å². The van der Waals surface area contributed by atoms with Crippen molar-refractivity contribution in [3.05, 3.63) is 11.6 Å². The molecular weight excluding hydrogens is 500 g/mol. The van der Waals surface area contributed by atoms with Crippen molar-refractivity contribution in [3.63, 3.8) is 0 Å². The number of carboxylic acid groups (broad SMARTS) is 2. The van der Waals surface area contributed by atoms with Crippen LogP contribution in [0.1, 0.15) is 98.8 Å². The minimum Gasteiger partial charge on any atom is -0.481 e. The third kappa shape index (κ3) is 5.21. The van der Waals surface area contributed by atoms with Gasteiger partial charge in [-0.2, -0.15) is 0 Å². The molecule has 39 heavy (non-hydrogen) atoms. The summed E-state index contributed by atoms with van der Waals surface area (Å²) in [6.45, 7) is 9.75. The molecule has 5 N–H and O–H groups in total. The van der Waals surface area contributed by atoms with Gasteiger partial charge in [0.05, 0.1) is 12.0 Å². The van der Waals surface area contributed by atoms with Crippen LogP contribution in [0.5, 0.6) is 0 Å². The van der Waals surface area contributed by atoms with Gasteiger partial charge in [0.15, 0.2) is 11.9 Å². The number of aliphatic carboxylic acids is 2. The zero-order valence-electron chi connectivity index (χ0n) is 24.2. The summed E-state index contributed by atoms with van der Waals surface area (Å²) in [5.74, 6) is -1.66. The van der Waals surface area contributed by atoms with Crippen LogP contribution in [0.4, 0.5) is 0 Å².